The molecule has 180 valence electrons. The van der Waals surface area contributed by atoms with Crippen LogP contribution in [0, 0.1) is 0 Å². The van der Waals surface area contributed by atoms with Gasteiger partial charge in [0.25, 0.3) is 0 Å². The van der Waals surface area contributed by atoms with Gasteiger partial charge < -0.3 is 10.4 Å². The van der Waals surface area contributed by atoms with Gasteiger partial charge in [-0.3, -0.25) is 9.78 Å². The second-order valence-corrected chi connectivity index (χ2v) is 10.00. The number of hydrogen-bond acceptors (Lipinski definition) is 7. The first kappa shape index (κ1) is 25.7. The number of aliphatic hydroxyl groups excluding tert-OH is 1. The lowest BCUT2D eigenvalue weighted by Gasteiger charge is -2.13. The first-order valence-electron chi connectivity index (χ1n) is 10.8. The average molecular weight is 504 g/mol. The Hall–Kier alpha value is -2.91. The number of carbonyl (C=O) groups is 1. The predicted molar refractivity (Wildman–Crippen MR) is 128 cm³/mol. The van der Waals surface area contributed by atoms with Crippen molar-refractivity contribution in [2.75, 3.05) is 6.54 Å². The van der Waals surface area contributed by atoms with Gasteiger partial charge in [0.05, 0.1) is 15.9 Å². The second kappa shape index (κ2) is 12.0. The summed E-state index contributed by atoms with van der Waals surface area (Å²) in [6.07, 6.45) is 0.167. The maximum absolute atomic E-state index is 12.9. The third kappa shape index (κ3) is 7.04. The van der Waals surface area contributed by atoms with E-state index in [9.17, 15) is 18.3 Å². The van der Waals surface area contributed by atoms with Crippen LogP contribution in [0.1, 0.15) is 37.0 Å². The average Bonchev–Trinajstić information content (AvgIpc) is 2.83. The number of halogens is 1. The molecule has 0 radical (unpaired) electrons. The highest BCUT2D eigenvalue weighted by molar-refractivity contribution is 7.91. The highest BCUT2D eigenvalue weighted by atomic mass is 35.5. The summed E-state index contributed by atoms with van der Waals surface area (Å²) in [5.74, 6) is -0.266. The van der Waals surface area contributed by atoms with Crippen LogP contribution >= 0.6 is 11.6 Å². The topological polar surface area (TPSA) is 102 Å². The lowest BCUT2D eigenvalue weighted by molar-refractivity contribution is -0.213. The van der Waals surface area contributed by atoms with E-state index in [0.717, 1.165) is 11.1 Å². The highest BCUT2D eigenvalue weighted by Crippen LogP contribution is 2.24. The Morgan fingerprint density at radius 1 is 1.03 bits per heavy atom. The second-order valence-electron chi connectivity index (χ2n) is 7.61. The van der Waals surface area contributed by atoms with Crippen molar-refractivity contribution in [2.24, 2.45) is 0 Å². The molecule has 0 aromatic heterocycles. The molecule has 0 spiro atoms. The smallest absolute Gasteiger partial charge is 0.355 e. The Morgan fingerprint density at radius 2 is 1.68 bits per heavy atom. The number of nitrogens with one attached hydrogen (secondary N) is 1. The summed E-state index contributed by atoms with van der Waals surface area (Å²) >= 11 is 5.95. The first-order valence-corrected chi connectivity index (χ1v) is 12.6. The van der Waals surface area contributed by atoms with Crippen LogP contribution < -0.4 is 10.2 Å². The van der Waals surface area contributed by atoms with Crippen LogP contribution in [0.3, 0.4) is 0 Å². The summed E-state index contributed by atoms with van der Waals surface area (Å²) in [5, 5.41) is 14.0. The molecule has 0 aliphatic rings. The fourth-order valence-electron chi connectivity index (χ4n) is 3.12. The summed E-state index contributed by atoms with van der Waals surface area (Å²) in [6, 6.07) is 19.2. The number of sulfone groups is 1. The number of benzene rings is 3. The van der Waals surface area contributed by atoms with E-state index in [1.807, 2.05) is 6.92 Å². The molecule has 3 aromatic carbocycles. The highest BCUT2D eigenvalue weighted by Gasteiger charge is 2.18. The summed E-state index contributed by atoms with van der Waals surface area (Å²) in [6.45, 7) is 2.63. The molecule has 0 fully saturated rings. The molecule has 0 saturated carbocycles. The van der Waals surface area contributed by atoms with Gasteiger partial charge >= 0.3 is 5.97 Å². The fourth-order valence-corrected chi connectivity index (χ4v) is 4.58. The van der Waals surface area contributed by atoms with Gasteiger partial charge in [0.2, 0.25) is 9.84 Å². The fraction of sp³-hybridized carbons (Fsp3) is 0.240. The van der Waals surface area contributed by atoms with E-state index < -0.39 is 21.9 Å². The Balaban J connectivity index is 1.56. The van der Waals surface area contributed by atoms with Crippen LogP contribution in [0.25, 0.3) is 0 Å². The standard InChI is InChI=1S/C25H26ClNO6S/c1-2-4-25(29)33-32-21-9-13-23(14-10-21)34(30,31)22-11-7-18(8-12-22)16-27-17-24(28)19-5-3-6-20(26)15-19/h3,5-15,24,27-28H,2,4,16-17H2,1H3/t24-/m0/s1. The van der Waals surface area contributed by atoms with E-state index in [0.29, 0.717) is 24.5 Å². The minimum absolute atomic E-state index is 0.0928. The molecule has 0 amide bonds. The van der Waals surface area contributed by atoms with Gasteiger partial charge in [-0.15, -0.1) is 0 Å². The van der Waals surface area contributed by atoms with E-state index in [4.69, 9.17) is 16.5 Å². The van der Waals surface area contributed by atoms with E-state index in [1.54, 1.807) is 36.4 Å². The summed E-state index contributed by atoms with van der Waals surface area (Å²) in [7, 11) is -3.72. The van der Waals surface area contributed by atoms with Gasteiger partial charge in [-0.1, -0.05) is 42.8 Å². The molecule has 3 rings (SSSR count). The lowest BCUT2D eigenvalue weighted by atomic mass is 10.1. The molecule has 3 aromatic rings. The molecule has 0 saturated heterocycles. The van der Waals surface area contributed by atoms with Gasteiger partial charge in [0, 0.05) is 24.5 Å². The zero-order chi connectivity index (χ0) is 24.6. The molecular formula is C25H26ClNO6S. The normalized spacial score (nSPS) is 12.2. The molecule has 0 heterocycles. The molecule has 34 heavy (non-hydrogen) atoms. The lowest BCUT2D eigenvalue weighted by Crippen LogP contribution is -2.21. The van der Waals surface area contributed by atoms with Crippen molar-refractivity contribution in [1.29, 1.82) is 0 Å². The zero-order valence-electron chi connectivity index (χ0n) is 18.6. The van der Waals surface area contributed by atoms with Gasteiger partial charge in [-0.25, -0.2) is 13.2 Å². The van der Waals surface area contributed by atoms with E-state index in [2.05, 4.69) is 10.2 Å². The van der Waals surface area contributed by atoms with Crippen LogP contribution in [0.5, 0.6) is 5.75 Å². The minimum atomic E-state index is -3.72. The molecule has 0 unspecified atom stereocenters. The molecular weight excluding hydrogens is 478 g/mol. The Labute approximate surface area is 204 Å². The molecule has 0 bridgehead atoms. The van der Waals surface area contributed by atoms with Crippen molar-refractivity contribution in [2.45, 2.75) is 42.2 Å². The van der Waals surface area contributed by atoms with E-state index in [1.165, 1.54) is 36.4 Å². The van der Waals surface area contributed by atoms with Crippen LogP contribution in [-0.4, -0.2) is 26.0 Å². The van der Waals surface area contributed by atoms with Crippen molar-refractivity contribution in [1.82, 2.24) is 5.32 Å². The maximum Gasteiger partial charge on any atom is 0.355 e. The van der Waals surface area contributed by atoms with Crippen molar-refractivity contribution < 1.29 is 28.1 Å². The van der Waals surface area contributed by atoms with Gasteiger partial charge in [-0.05, 0) is 66.1 Å². The molecule has 9 heteroatoms. The number of hydrogen-bond donors (Lipinski definition) is 2. The largest absolute Gasteiger partial charge is 0.387 e. The number of rotatable bonds is 11. The molecule has 2 N–H and O–H groups in total. The van der Waals surface area contributed by atoms with E-state index in [-0.39, 0.29) is 22.0 Å². The first-order chi connectivity index (χ1) is 16.3. The van der Waals surface area contributed by atoms with Crippen molar-refractivity contribution in [3.8, 4) is 5.75 Å². The minimum Gasteiger partial charge on any atom is -0.387 e. The molecule has 1 atom stereocenters. The van der Waals surface area contributed by atoms with Gasteiger partial charge in [0.15, 0.2) is 5.75 Å². The molecule has 0 aliphatic heterocycles. The van der Waals surface area contributed by atoms with Crippen molar-refractivity contribution in [3.63, 3.8) is 0 Å². The summed E-state index contributed by atoms with van der Waals surface area (Å²) in [5.41, 5.74) is 1.59. The van der Waals surface area contributed by atoms with Gasteiger partial charge in [-0.2, -0.15) is 0 Å². The monoisotopic (exact) mass is 503 g/mol. The van der Waals surface area contributed by atoms with Crippen LogP contribution in [0.15, 0.2) is 82.6 Å². The van der Waals surface area contributed by atoms with Crippen molar-refractivity contribution in [3.05, 3.63) is 88.9 Å². The van der Waals surface area contributed by atoms with Crippen LogP contribution in [-0.2, 0) is 26.1 Å². The Morgan fingerprint density at radius 3 is 2.29 bits per heavy atom. The SMILES string of the molecule is CCCC(=O)OOc1ccc(S(=O)(=O)c2ccc(CNC[C@H](O)c3cccc(Cl)c3)cc2)cc1. The van der Waals surface area contributed by atoms with Crippen molar-refractivity contribution >= 4 is 27.4 Å². The van der Waals surface area contributed by atoms with Crippen LogP contribution in [0.4, 0.5) is 0 Å². The number of aliphatic hydroxyl groups is 1. The van der Waals surface area contributed by atoms with E-state index >= 15 is 0 Å². The Kier molecular flexibility index (Phi) is 9.06. The number of carbonyl (C=O) groups excluding carboxylic acids is 1. The quantitative estimate of drug-likeness (QED) is 0.290. The summed E-state index contributed by atoms with van der Waals surface area (Å²) < 4.78 is 25.8. The van der Waals surface area contributed by atoms with Crippen LogP contribution in [0.2, 0.25) is 5.02 Å². The third-order valence-electron chi connectivity index (χ3n) is 4.95. The van der Waals surface area contributed by atoms with Gasteiger partial charge in [0.1, 0.15) is 0 Å². The summed E-state index contributed by atoms with van der Waals surface area (Å²) in [4.78, 5) is 21.2. The molecule has 7 nitrogen and oxygen atoms in total. The Bertz CT molecular complexity index is 1200. The maximum atomic E-state index is 12.9. The molecule has 0 aliphatic carbocycles. The predicted octanol–water partition coefficient (Wildman–Crippen LogP) is 4.63. The zero-order valence-corrected chi connectivity index (χ0v) is 20.2. The third-order valence-corrected chi connectivity index (χ3v) is 6.97.